The van der Waals surface area contributed by atoms with Gasteiger partial charge in [0.25, 0.3) is 0 Å². The van der Waals surface area contributed by atoms with E-state index in [1.807, 2.05) is 13.8 Å². The lowest BCUT2D eigenvalue weighted by atomic mass is 10.0. The zero-order valence-corrected chi connectivity index (χ0v) is 13.0. The number of nitrogens with one attached hydrogen (secondary N) is 1. The SMILES string of the molecule is CCNC(CCCC(F)(F)F)C(C)Oc1cccc(Cl)c1. The van der Waals surface area contributed by atoms with Gasteiger partial charge in [-0.2, -0.15) is 13.2 Å². The van der Waals surface area contributed by atoms with Crippen molar-refractivity contribution in [3.63, 3.8) is 0 Å². The van der Waals surface area contributed by atoms with Crippen LogP contribution in [0.25, 0.3) is 0 Å². The molecule has 21 heavy (non-hydrogen) atoms. The smallest absolute Gasteiger partial charge is 0.389 e. The van der Waals surface area contributed by atoms with Crippen molar-refractivity contribution >= 4 is 11.6 Å². The van der Waals surface area contributed by atoms with Crippen LogP contribution in [-0.2, 0) is 0 Å². The third-order valence-electron chi connectivity index (χ3n) is 3.13. The van der Waals surface area contributed by atoms with Gasteiger partial charge in [-0.3, -0.25) is 0 Å². The fourth-order valence-corrected chi connectivity index (χ4v) is 2.30. The van der Waals surface area contributed by atoms with Gasteiger partial charge >= 0.3 is 6.18 Å². The molecule has 0 aliphatic carbocycles. The molecule has 0 bridgehead atoms. The van der Waals surface area contributed by atoms with E-state index in [0.29, 0.717) is 23.7 Å². The lowest BCUT2D eigenvalue weighted by Gasteiger charge is -2.26. The summed E-state index contributed by atoms with van der Waals surface area (Å²) >= 11 is 5.88. The normalized spacial score (nSPS) is 14.8. The molecule has 0 amide bonds. The minimum Gasteiger partial charge on any atom is -0.489 e. The molecule has 0 spiro atoms. The van der Waals surface area contributed by atoms with Gasteiger partial charge in [-0.25, -0.2) is 0 Å². The highest BCUT2D eigenvalue weighted by Gasteiger charge is 2.27. The number of halogens is 4. The maximum atomic E-state index is 12.2. The van der Waals surface area contributed by atoms with Gasteiger partial charge in [0.1, 0.15) is 11.9 Å². The molecule has 1 aromatic rings. The van der Waals surface area contributed by atoms with Crippen LogP contribution < -0.4 is 10.1 Å². The molecule has 1 rings (SSSR count). The van der Waals surface area contributed by atoms with Crippen molar-refractivity contribution in [3.8, 4) is 5.75 Å². The van der Waals surface area contributed by atoms with Crippen LogP contribution in [0, 0.1) is 0 Å². The lowest BCUT2D eigenvalue weighted by molar-refractivity contribution is -0.136. The molecule has 6 heteroatoms. The van der Waals surface area contributed by atoms with Gasteiger partial charge in [0.2, 0.25) is 0 Å². The summed E-state index contributed by atoms with van der Waals surface area (Å²) in [5, 5.41) is 3.74. The molecule has 0 saturated carbocycles. The van der Waals surface area contributed by atoms with E-state index in [2.05, 4.69) is 5.32 Å². The average Bonchev–Trinajstić information content (AvgIpc) is 2.36. The van der Waals surface area contributed by atoms with Gasteiger partial charge < -0.3 is 10.1 Å². The molecule has 0 radical (unpaired) electrons. The Bertz CT molecular complexity index is 426. The standard InChI is InChI=1S/C15H21ClF3NO/c1-3-20-14(8-5-9-15(17,18)19)11(2)21-13-7-4-6-12(16)10-13/h4,6-7,10-11,14,20H,3,5,8-9H2,1-2H3. The molecular formula is C15H21ClF3NO. The van der Waals surface area contributed by atoms with E-state index in [-0.39, 0.29) is 18.6 Å². The highest BCUT2D eigenvalue weighted by atomic mass is 35.5. The zero-order valence-electron chi connectivity index (χ0n) is 12.2. The molecule has 120 valence electrons. The second-order valence-electron chi connectivity index (χ2n) is 4.95. The quantitative estimate of drug-likeness (QED) is 0.740. The summed E-state index contributed by atoms with van der Waals surface area (Å²) in [6, 6.07) is 6.86. The highest BCUT2D eigenvalue weighted by Crippen LogP contribution is 2.24. The summed E-state index contributed by atoms with van der Waals surface area (Å²) in [7, 11) is 0. The van der Waals surface area contributed by atoms with Gasteiger partial charge in [0.15, 0.2) is 0 Å². The summed E-state index contributed by atoms with van der Waals surface area (Å²) in [6.45, 7) is 4.45. The predicted molar refractivity (Wildman–Crippen MR) is 78.9 cm³/mol. The first-order valence-electron chi connectivity index (χ1n) is 7.04. The summed E-state index contributed by atoms with van der Waals surface area (Å²) in [5.74, 6) is 0.619. The Kier molecular flexibility index (Phi) is 7.32. The van der Waals surface area contributed by atoms with E-state index in [1.165, 1.54) is 0 Å². The Morgan fingerprint density at radius 3 is 2.62 bits per heavy atom. The van der Waals surface area contributed by atoms with Crippen molar-refractivity contribution in [2.45, 2.75) is 51.4 Å². The van der Waals surface area contributed by atoms with E-state index >= 15 is 0 Å². The minimum absolute atomic E-state index is 0.0877. The number of hydrogen-bond acceptors (Lipinski definition) is 2. The van der Waals surface area contributed by atoms with Gasteiger partial charge in [-0.15, -0.1) is 0 Å². The van der Waals surface area contributed by atoms with Crippen LogP contribution in [0.15, 0.2) is 24.3 Å². The molecule has 0 heterocycles. The van der Waals surface area contributed by atoms with Crippen molar-refractivity contribution in [2.24, 2.45) is 0 Å². The molecule has 0 saturated heterocycles. The third-order valence-corrected chi connectivity index (χ3v) is 3.36. The number of rotatable bonds is 8. The van der Waals surface area contributed by atoms with Crippen molar-refractivity contribution in [2.75, 3.05) is 6.54 Å². The van der Waals surface area contributed by atoms with E-state index < -0.39 is 12.6 Å². The van der Waals surface area contributed by atoms with Gasteiger partial charge in [0.05, 0.1) is 0 Å². The first-order valence-corrected chi connectivity index (χ1v) is 7.42. The molecule has 1 aromatic carbocycles. The van der Waals surface area contributed by atoms with E-state index in [1.54, 1.807) is 24.3 Å². The van der Waals surface area contributed by atoms with Crippen LogP contribution in [0.5, 0.6) is 5.75 Å². The number of likely N-dealkylation sites (N-methyl/N-ethyl adjacent to an activating group) is 1. The van der Waals surface area contributed by atoms with Crippen LogP contribution in [0.4, 0.5) is 13.2 Å². The summed E-state index contributed by atoms with van der Waals surface area (Å²) in [4.78, 5) is 0. The zero-order chi connectivity index (χ0) is 15.9. The highest BCUT2D eigenvalue weighted by molar-refractivity contribution is 6.30. The first kappa shape index (κ1) is 18.1. The van der Waals surface area contributed by atoms with Crippen LogP contribution in [0.2, 0.25) is 5.02 Å². The maximum absolute atomic E-state index is 12.2. The topological polar surface area (TPSA) is 21.3 Å². The second-order valence-corrected chi connectivity index (χ2v) is 5.39. The van der Waals surface area contributed by atoms with Crippen molar-refractivity contribution in [3.05, 3.63) is 29.3 Å². The van der Waals surface area contributed by atoms with Gasteiger partial charge in [-0.05, 0) is 44.5 Å². The van der Waals surface area contributed by atoms with Crippen molar-refractivity contribution in [1.82, 2.24) is 5.32 Å². The molecule has 0 aliphatic heterocycles. The first-order chi connectivity index (χ1) is 9.81. The summed E-state index contributed by atoms with van der Waals surface area (Å²) in [6.07, 6.45) is -4.61. The fraction of sp³-hybridized carbons (Fsp3) is 0.600. The van der Waals surface area contributed by atoms with Crippen LogP contribution in [0.3, 0.4) is 0 Å². The van der Waals surface area contributed by atoms with E-state index in [9.17, 15) is 13.2 Å². The molecule has 1 N–H and O–H groups in total. The molecule has 0 aliphatic rings. The van der Waals surface area contributed by atoms with Crippen molar-refractivity contribution in [1.29, 1.82) is 0 Å². The Balaban J connectivity index is 2.54. The molecule has 0 aromatic heterocycles. The second kappa shape index (κ2) is 8.49. The molecule has 2 unspecified atom stereocenters. The van der Waals surface area contributed by atoms with Crippen LogP contribution in [0.1, 0.15) is 33.1 Å². The van der Waals surface area contributed by atoms with Gasteiger partial charge in [-0.1, -0.05) is 24.6 Å². The Hall–Kier alpha value is -0.940. The Labute approximate surface area is 128 Å². The number of alkyl halides is 3. The summed E-state index contributed by atoms with van der Waals surface area (Å²) < 4.78 is 42.4. The van der Waals surface area contributed by atoms with E-state index in [0.717, 1.165) is 0 Å². The minimum atomic E-state index is -4.10. The average molecular weight is 324 g/mol. The maximum Gasteiger partial charge on any atom is 0.389 e. The largest absolute Gasteiger partial charge is 0.489 e. The molecule has 2 nitrogen and oxygen atoms in total. The lowest BCUT2D eigenvalue weighted by Crippen LogP contribution is -2.41. The number of benzene rings is 1. The van der Waals surface area contributed by atoms with Crippen molar-refractivity contribution < 1.29 is 17.9 Å². The van der Waals surface area contributed by atoms with Gasteiger partial charge in [0, 0.05) is 17.5 Å². The van der Waals surface area contributed by atoms with E-state index in [4.69, 9.17) is 16.3 Å². The number of hydrogen-bond donors (Lipinski definition) is 1. The molecular weight excluding hydrogens is 303 g/mol. The fourth-order valence-electron chi connectivity index (χ4n) is 2.12. The van der Waals surface area contributed by atoms with Crippen LogP contribution in [-0.4, -0.2) is 24.9 Å². The predicted octanol–water partition coefficient (Wildman–Crippen LogP) is 4.82. The Morgan fingerprint density at radius 2 is 2.05 bits per heavy atom. The Morgan fingerprint density at radius 1 is 1.33 bits per heavy atom. The molecule has 2 atom stereocenters. The summed E-state index contributed by atoms with van der Waals surface area (Å²) in [5.41, 5.74) is 0. The van der Waals surface area contributed by atoms with Crippen LogP contribution >= 0.6 is 11.6 Å². The monoisotopic (exact) mass is 323 g/mol. The molecule has 0 fully saturated rings. The third kappa shape index (κ3) is 7.58. The number of ether oxygens (including phenoxy) is 1.